The second-order valence-electron chi connectivity index (χ2n) is 26.0. The summed E-state index contributed by atoms with van der Waals surface area (Å²) < 4.78 is 17.7. The van der Waals surface area contributed by atoms with Gasteiger partial charge in [-0.2, -0.15) is 0 Å². The minimum absolute atomic E-state index is 0.0112. The van der Waals surface area contributed by atoms with Crippen LogP contribution < -0.4 is 26.6 Å². The Bertz CT molecular complexity index is 4430. The van der Waals surface area contributed by atoms with Crippen molar-refractivity contribution < 1.29 is 42.7 Å². The fourth-order valence-corrected chi connectivity index (χ4v) is 13.9. The topological polar surface area (TPSA) is 220 Å². The Morgan fingerprint density at radius 3 is 1.08 bits per heavy atom. The molecule has 0 saturated carbocycles. The van der Waals surface area contributed by atoms with Gasteiger partial charge in [0.25, 0.3) is 0 Å². The van der Waals surface area contributed by atoms with Crippen LogP contribution in [0.3, 0.4) is 0 Å². The van der Waals surface area contributed by atoms with E-state index in [9.17, 15) is 28.8 Å². The molecule has 520 valence electrons. The van der Waals surface area contributed by atoms with Crippen LogP contribution in [-0.2, 0) is 39.7 Å². The molecule has 4 atom stereocenters. The van der Waals surface area contributed by atoms with Gasteiger partial charge >= 0.3 is 12.2 Å². The predicted molar refractivity (Wildman–Crippen MR) is 397 cm³/mol. The Hall–Kier alpha value is -12.0. The van der Waals surface area contributed by atoms with Crippen molar-refractivity contribution in [3.8, 4) is 22.3 Å². The molecule has 0 aliphatic heterocycles. The molecule has 16 heteroatoms. The van der Waals surface area contributed by atoms with E-state index >= 15 is 0 Å². The van der Waals surface area contributed by atoms with Gasteiger partial charge in [-0.25, -0.2) is 9.59 Å². The van der Waals surface area contributed by atoms with Gasteiger partial charge < -0.3 is 40.5 Å². The summed E-state index contributed by atoms with van der Waals surface area (Å²) >= 11 is 0. The molecule has 103 heavy (non-hydrogen) atoms. The maximum atomic E-state index is 14.4. The van der Waals surface area contributed by atoms with Gasteiger partial charge in [0.15, 0.2) is 5.78 Å². The first-order chi connectivity index (χ1) is 50.3. The number of rotatable bonds is 26. The van der Waals surface area contributed by atoms with Gasteiger partial charge in [-0.15, -0.1) is 10.2 Å². The first-order valence-corrected chi connectivity index (χ1v) is 35.1. The predicted octanol–water partition coefficient (Wildman–Crippen LogP) is 15.8. The van der Waals surface area contributed by atoms with Crippen LogP contribution in [-0.4, -0.2) is 71.7 Å². The monoisotopic (exact) mass is 1370 g/mol. The molecular formula is C87H83N7O9. The molecule has 0 spiro atoms. The Labute approximate surface area is 600 Å². The van der Waals surface area contributed by atoms with Gasteiger partial charge in [0.2, 0.25) is 29.5 Å². The minimum Gasteiger partial charge on any atom is -0.449 e. The lowest BCUT2D eigenvalue weighted by Gasteiger charge is -2.37. The molecule has 10 aromatic carbocycles. The number of aromatic nitrogens is 2. The average molecular weight is 1370 g/mol. The van der Waals surface area contributed by atoms with Crippen LogP contribution in [0.5, 0.6) is 0 Å². The number of carbonyl (C=O) groups excluding carboxylic acids is 6. The standard InChI is InChI=1S/C44H43N3O5.C43H40N4O4/c1-3-30(2)40(48)28-45-42(50)39(46-43(51)52-29-38-36-25-15-13-23-34(36)35-24-14-16-26-37(35)38)27-41(49)47-44(31-17-7-4-8-18-31,32-19-9-5-10-20-32)33-21-11-6-12-22-33;1-3-29(2)40-46-47-41(51-40)38(44-42(49)50-28-37-35-25-15-13-23-33(35)34-24-14-16-26-36(34)37)27-39(48)45-43(30-17-7-4-8-18-30,31-19-9-5-10-20-31)32-21-11-6-12-22-32/h4-26,30,38-39H,3,27-29H2,1-2H3,(H,45,50)(H,46,51)(H,47,49);4-26,29,37-38H,3,27-28H2,1-2H3,(H,44,49)(H,45,48)/t30-,39-;29-,38-/m00/s1. The Balaban J connectivity index is 0.000000194. The van der Waals surface area contributed by atoms with Crippen molar-refractivity contribution in [2.45, 2.75) is 94.3 Å². The van der Waals surface area contributed by atoms with Crippen LogP contribution in [0.2, 0.25) is 0 Å². The summed E-state index contributed by atoms with van der Waals surface area (Å²) in [5, 5.41) is 23.4. The summed E-state index contributed by atoms with van der Waals surface area (Å²) in [5.41, 5.74) is 11.7. The SMILES string of the molecule is CC[C@H](C)C(=O)CNC(=O)[C@H](CC(=O)NC(c1ccccc1)(c1ccccc1)c1ccccc1)NC(=O)OCC1c2ccccc2-c2ccccc21.CC[C@H](C)c1nnc([C@H](CC(=O)NC(c2ccccc2)(c2ccccc2)c2ccccc2)NC(=O)OCC2c3ccccc3-c3ccccc32)o1. The molecule has 1 heterocycles. The van der Waals surface area contributed by atoms with Gasteiger partial charge in [0.05, 0.1) is 19.4 Å². The molecule has 0 bridgehead atoms. The summed E-state index contributed by atoms with van der Waals surface area (Å²) in [6, 6.07) is 88.5. The number of hydrogen-bond acceptors (Lipinski definition) is 11. The smallest absolute Gasteiger partial charge is 0.407 e. The third-order valence-electron chi connectivity index (χ3n) is 19.6. The molecule has 0 radical (unpaired) electrons. The number of hydrogen-bond donors (Lipinski definition) is 5. The molecule has 0 saturated heterocycles. The van der Waals surface area contributed by atoms with Crippen LogP contribution in [0.4, 0.5) is 9.59 Å². The number of fused-ring (bicyclic) bond motifs is 6. The molecule has 2 aliphatic carbocycles. The van der Waals surface area contributed by atoms with Crippen LogP contribution in [0, 0.1) is 5.92 Å². The number of Topliss-reactive ketones (excluding diaryl/α,β-unsaturated/α-hetero) is 1. The number of alkyl carbamates (subject to hydrolysis) is 2. The third kappa shape index (κ3) is 15.8. The number of nitrogens with one attached hydrogen (secondary N) is 5. The second kappa shape index (κ2) is 33.0. The third-order valence-corrected chi connectivity index (χ3v) is 19.6. The lowest BCUT2D eigenvalue weighted by atomic mass is 9.77. The van der Waals surface area contributed by atoms with Gasteiger partial charge in [-0.1, -0.05) is 307 Å². The van der Waals surface area contributed by atoms with Crippen LogP contribution in [0.25, 0.3) is 22.3 Å². The maximum absolute atomic E-state index is 14.4. The van der Waals surface area contributed by atoms with E-state index in [1.54, 1.807) is 6.92 Å². The van der Waals surface area contributed by atoms with Gasteiger partial charge in [0, 0.05) is 23.7 Å². The zero-order valence-electron chi connectivity index (χ0n) is 58.0. The summed E-state index contributed by atoms with van der Waals surface area (Å²) in [6.45, 7) is 7.65. The number of nitrogens with zero attached hydrogens (tertiary/aromatic N) is 2. The van der Waals surface area contributed by atoms with Crippen LogP contribution in [0.1, 0.15) is 145 Å². The first-order valence-electron chi connectivity index (χ1n) is 35.1. The van der Waals surface area contributed by atoms with Crippen molar-refractivity contribution in [2.24, 2.45) is 5.92 Å². The lowest BCUT2D eigenvalue weighted by Crippen LogP contribution is -2.53. The lowest BCUT2D eigenvalue weighted by molar-refractivity contribution is -0.130. The van der Waals surface area contributed by atoms with Crippen molar-refractivity contribution >= 4 is 35.7 Å². The van der Waals surface area contributed by atoms with E-state index in [1.165, 1.54) is 0 Å². The molecule has 0 unspecified atom stereocenters. The number of amides is 5. The maximum Gasteiger partial charge on any atom is 0.407 e. The Morgan fingerprint density at radius 1 is 0.408 bits per heavy atom. The molecule has 11 aromatic rings. The highest BCUT2D eigenvalue weighted by Crippen LogP contribution is 2.47. The fraction of sp³-hybridized carbons (Fsp3) is 0.218. The van der Waals surface area contributed by atoms with E-state index in [-0.39, 0.29) is 67.4 Å². The molecule has 2 aliphatic rings. The van der Waals surface area contributed by atoms with E-state index in [1.807, 2.05) is 276 Å². The first kappa shape index (κ1) is 70.8. The molecule has 1 aromatic heterocycles. The number of ether oxygens (including phenoxy) is 2. The fourth-order valence-electron chi connectivity index (χ4n) is 13.9. The molecule has 0 fully saturated rings. The molecule has 16 nitrogen and oxygen atoms in total. The number of ketones is 1. The average Bonchev–Trinajstić information content (AvgIpc) is 1.58. The molecule has 5 N–H and O–H groups in total. The quantitative estimate of drug-likeness (QED) is 0.0321. The van der Waals surface area contributed by atoms with Crippen molar-refractivity contribution in [3.63, 3.8) is 0 Å². The van der Waals surface area contributed by atoms with Gasteiger partial charge in [-0.05, 0) is 90.7 Å². The van der Waals surface area contributed by atoms with E-state index < -0.39 is 53.6 Å². The van der Waals surface area contributed by atoms with E-state index in [4.69, 9.17) is 13.9 Å². The highest BCUT2D eigenvalue weighted by atomic mass is 16.6. The minimum atomic E-state index is -1.33. The Kier molecular flexibility index (Phi) is 22.7. The molecule has 5 amide bonds. The number of benzene rings is 10. The summed E-state index contributed by atoms with van der Waals surface area (Å²) in [7, 11) is 0. The summed E-state index contributed by atoms with van der Waals surface area (Å²) in [4.78, 5) is 82.0. The second-order valence-corrected chi connectivity index (χ2v) is 26.0. The summed E-state index contributed by atoms with van der Waals surface area (Å²) in [5.74, 6) is -1.60. The van der Waals surface area contributed by atoms with Crippen LogP contribution >= 0.6 is 0 Å². The van der Waals surface area contributed by atoms with Crippen molar-refractivity contribution in [1.82, 2.24) is 36.8 Å². The largest absolute Gasteiger partial charge is 0.449 e. The summed E-state index contributed by atoms with van der Waals surface area (Å²) in [6.07, 6.45) is -0.705. The van der Waals surface area contributed by atoms with E-state index in [0.29, 0.717) is 12.3 Å². The zero-order chi connectivity index (χ0) is 71.7. The van der Waals surface area contributed by atoms with Crippen molar-refractivity contribution in [2.75, 3.05) is 19.8 Å². The molecular weight excluding hydrogens is 1290 g/mol. The van der Waals surface area contributed by atoms with Crippen molar-refractivity contribution in [3.05, 3.63) is 346 Å². The number of carbonyl (C=O) groups is 6. The molecule has 13 rings (SSSR count). The van der Waals surface area contributed by atoms with Gasteiger partial charge in [-0.3, -0.25) is 19.2 Å². The van der Waals surface area contributed by atoms with Crippen molar-refractivity contribution in [1.29, 1.82) is 0 Å². The zero-order valence-corrected chi connectivity index (χ0v) is 58.0. The normalized spacial score (nSPS) is 13.3. The highest BCUT2D eigenvalue weighted by molar-refractivity contribution is 5.94. The van der Waals surface area contributed by atoms with E-state index in [2.05, 4.69) is 61.0 Å². The van der Waals surface area contributed by atoms with Gasteiger partial charge in [0.1, 0.15) is 36.4 Å². The highest BCUT2D eigenvalue weighted by Gasteiger charge is 2.42. The van der Waals surface area contributed by atoms with E-state index in [0.717, 1.165) is 84.3 Å². The Morgan fingerprint density at radius 2 is 0.728 bits per heavy atom. The van der Waals surface area contributed by atoms with Crippen LogP contribution in [0.15, 0.2) is 283 Å².